The molecule has 7 heteroatoms. The van der Waals surface area contributed by atoms with Gasteiger partial charge in [0, 0.05) is 29.6 Å². The zero-order valence-corrected chi connectivity index (χ0v) is 19.6. The molecule has 3 rings (SSSR count). The number of fused-ring (bicyclic) bond motifs is 1. The number of carboxylic acid groups (broad SMARTS) is 1. The van der Waals surface area contributed by atoms with E-state index in [0.717, 1.165) is 11.1 Å². The largest absolute Gasteiger partial charge is 0.493 e. The molecule has 0 spiro atoms. The number of hydrogen-bond donors (Lipinski definition) is 1. The lowest BCUT2D eigenvalue weighted by Crippen LogP contribution is -2.50. The molecule has 2 atom stereocenters. The van der Waals surface area contributed by atoms with Crippen LogP contribution in [0.5, 0.6) is 11.5 Å². The molecule has 2 aromatic rings. The monoisotopic (exact) mass is 440 g/mol. The Bertz CT molecular complexity index is 984. The summed E-state index contributed by atoms with van der Waals surface area (Å²) in [7, 11) is 3.09. The number of nitrogens with zero attached hydrogens (tertiary/aromatic N) is 2. The van der Waals surface area contributed by atoms with Crippen molar-refractivity contribution in [3.63, 3.8) is 0 Å². The van der Waals surface area contributed by atoms with Crippen LogP contribution in [-0.4, -0.2) is 42.3 Å². The number of carbonyl (C=O) groups excluding carboxylic acids is 1. The first-order chi connectivity index (χ1) is 15.1. The number of methoxy groups -OCH3 is 2. The minimum absolute atomic E-state index is 0.0261. The van der Waals surface area contributed by atoms with Gasteiger partial charge in [0.1, 0.15) is 0 Å². The quantitative estimate of drug-likeness (QED) is 0.700. The molecule has 0 saturated carbocycles. The highest BCUT2D eigenvalue weighted by Gasteiger charge is 2.41. The van der Waals surface area contributed by atoms with Crippen molar-refractivity contribution in [3.8, 4) is 11.5 Å². The molecule has 2 amide bonds. The van der Waals surface area contributed by atoms with Crippen LogP contribution in [-0.2, 0) is 11.3 Å². The predicted molar refractivity (Wildman–Crippen MR) is 123 cm³/mol. The first kappa shape index (κ1) is 23.4. The molecule has 0 aromatic heterocycles. The zero-order valence-electron chi connectivity index (χ0n) is 19.6. The molecule has 2 unspecified atom stereocenters. The number of hydrogen-bond acceptors (Lipinski definition) is 4. The van der Waals surface area contributed by atoms with Crippen LogP contribution in [0.3, 0.4) is 0 Å². The summed E-state index contributed by atoms with van der Waals surface area (Å²) in [4.78, 5) is 28.9. The second kappa shape index (κ2) is 9.10. The summed E-state index contributed by atoms with van der Waals surface area (Å²) in [6.45, 7) is 7.85. The van der Waals surface area contributed by atoms with Crippen molar-refractivity contribution >= 4 is 17.7 Å². The Morgan fingerprint density at radius 3 is 2.22 bits per heavy atom. The molecular formula is C25H32N2O5. The van der Waals surface area contributed by atoms with Gasteiger partial charge in [-0.15, -0.1) is 0 Å². The highest BCUT2D eigenvalue weighted by molar-refractivity contribution is 5.99. The summed E-state index contributed by atoms with van der Waals surface area (Å²) in [5.41, 5.74) is 1.70. The number of benzene rings is 2. The maximum Gasteiger partial charge on any atom is 0.408 e. The van der Waals surface area contributed by atoms with Gasteiger partial charge >= 0.3 is 6.09 Å². The number of ether oxygens (including phenoxy) is 2. The molecule has 32 heavy (non-hydrogen) atoms. The lowest BCUT2D eigenvalue weighted by atomic mass is 9.86. The van der Waals surface area contributed by atoms with E-state index in [1.807, 2.05) is 58.0 Å². The molecule has 0 radical (unpaired) electrons. The van der Waals surface area contributed by atoms with Gasteiger partial charge in [0.05, 0.1) is 25.9 Å². The molecule has 0 fully saturated rings. The fourth-order valence-electron chi connectivity index (χ4n) is 4.21. The molecule has 1 heterocycles. The predicted octanol–water partition coefficient (Wildman–Crippen LogP) is 5.10. The van der Waals surface area contributed by atoms with Crippen molar-refractivity contribution in [3.05, 3.63) is 53.6 Å². The molecule has 2 aromatic carbocycles. The van der Waals surface area contributed by atoms with Crippen LogP contribution in [0.2, 0.25) is 0 Å². The lowest BCUT2D eigenvalue weighted by molar-refractivity contribution is -0.126. The highest BCUT2D eigenvalue weighted by Crippen LogP contribution is 2.47. The fraction of sp³-hybridized carbons (Fsp3) is 0.440. The van der Waals surface area contributed by atoms with Crippen molar-refractivity contribution in [1.82, 2.24) is 4.90 Å². The van der Waals surface area contributed by atoms with Gasteiger partial charge in [0.25, 0.3) is 0 Å². The van der Waals surface area contributed by atoms with Gasteiger partial charge < -0.3 is 19.5 Å². The summed E-state index contributed by atoms with van der Waals surface area (Å²) >= 11 is 0. The molecule has 1 aliphatic rings. The van der Waals surface area contributed by atoms with Gasteiger partial charge in [-0.3, -0.25) is 9.69 Å². The SMILES string of the molecule is COc1cc2c(cc1OC)N(C(=O)C(C)(C)C)C(C)CC2N(Cc1ccccc1)C(=O)O. The van der Waals surface area contributed by atoms with Crippen LogP contribution in [0.4, 0.5) is 10.5 Å². The third-order valence-electron chi connectivity index (χ3n) is 5.83. The Kier molecular flexibility index (Phi) is 6.67. The number of anilines is 1. The Morgan fingerprint density at radius 1 is 1.09 bits per heavy atom. The average molecular weight is 441 g/mol. The Morgan fingerprint density at radius 2 is 1.69 bits per heavy atom. The summed E-state index contributed by atoms with van der Waals surface area (Å²) < 4.78 is 11.0. The minimum atomic E-state index is -1.01. The van der Waals surface area contributed by atoms with Crippen LogP contribution in [0, 0.1) is 5.41 Å². The van der Waals surface area contributed by atoms with Gasteiger partial charge in [-0.25, -0.2) is 4.79 Å². The van der Waals surface area contributed by atoms with Crippen LogP contribution < -0.4 is 14.4 Å². The van der Waals surface area contributed by atoms with E-state index in [9.17, 15) is 14.7 Å². The van der Waals surface area contributed by atoms with Gasteiger partial charge in [0.15, 0.2) is 11.5 Å². The molecule has 7 nitrogen and oxygen atoms in total. The normalized spacial score (nSPS) is 18.0. The summed E-state index contributed by atoms with van der Waals surface area (Å²) in [6.07, 6.45) is -0.536. The van der Waals surface area contributed by atoms with Crippen molar-refractivity contribution in [2.75, 3.05) is 19.1 Å². The van der Waals surface area contributed by atoms with Crippen molar-refractivity contribution < 1.29 is 24.2 Å². The topological polar surface area (TPSA) is 79.3 Å². The van der Waals surface area contributed by atoms with E-state index in [-0.39, 0.29) is 18.5 Å². The molecule has 0 aliphatic carbocycles. The van der Waals surface area contributed by atoms with Crippen molar-refractivity contribution in [1.29, 1.82) is 0 Å². The van der Waals surface area contributed by atoms with Gasteiger partial charge in [-0.2, -0.15) is 0 Å². The number of rotatable bonds is 5. The Labute approximate surface area is 189 Å². The van der Waals surface area contributed by atoms with E-state index in [4.69, 9.17) is 9.47 Å². The van der Waals surface area contributed by atoms with Crippen LogP contribution in [0.1, 0.15) is 51.3 Å². The van der Waals surface area contributed by atoms with E-state index in [1.54, 1.807) is 31.3 Å². The number of amides is 2. The van der Waals surface area contributed by atoms with Gasteiger partial charge in [0.2, 0.25) is 5.91 Å². The Hall–Kier alpha value is -3.22. The highest BCUT2D eigenvalue weighted by atomic mass is 16.5. The van der Waals surface area contributed by atoms with Crippen molar-refractivity contribution in [2.24, 2.45) is 5.41 Å². The Balaban J connectivity index is 2.16. The van der Waals surface area contributed by atoms with Gasteiger partial charge in [-0.1, -0.05) is 51.1 Å². The molecule has 172 valence electrons. The van der Waals surface area contributed by atoms with E-state index >= 15 is 0 Å². The van der Waals surface area contributed by atoms with Crippen LogP contribution in [0.25, 0.3) is 0 Å². The third-order valence-corrected chi connectivity index (χ3v) is 5.83. The van der Waals surface area contributed by atoms with E-state index in [0.29, 0.717) is 23.6 Å². The van der Waals surface area contributed by atoms with Gasteiger partial charge in [-0.05, 0) is 25.0 Å². The molecule has 1 N–H and O–H groups in total. The molecule has 1 aliphatic heterocycles. The molecular weight excluding hydrogens is 408 g/mol. The molecule has 0 saturated heterocycles. The average Bonchev–Trinajstić information content (AvgIpc) is 2.75. The third kappa shape index (κ3) is 4.52. The summed E-state index contributed by atoms with van der Waals surface area (Å²) in [5, 5.41) is 10.1. The second-order valence-corrected chi connectivity index (χ2v) is 9.19. The first-order valence-electron chi connectivity index (χ1n) is 10.7. The molecule has 0 bridgehead atoms. The van der Waals surface area contributed by atoms with E-state index in [2.05, 4.69) is 0 Å². The first-order valence-corrected chi connectivity index (χ1v) is 10.7. The summed E-state index contributed by atoms with van der Waals surface area (Å²) in [5.74, 6) is 0.969. The van der Waals surface area contributed by atoms with Crippen LogP contribution in [0.15, 0.2) is 42.5 Å². The zero-order chi connectivity index (χ0) is 23.6. The fourth-order valence-corrected chi connectivity index (χ4v) is 4.21. The maximum absolute atomic E-state index is 13.4. The van der Waals surface area contributed by atoms with Crippen molar-refractivity contribution in [2.45, 2.75) is 52.7 Å². The number of carbonyl (C=O) groups is 2. The van der Waals surface area contributed by atoms with Crippen LogP contribution >= 0.6 is 0 Å². The van der Waals surface area contributed by atoms with E-state index < -0.39 is 17.6 Å². The van der Waals surface area contributed by atoms with E-state index in [1.165, 1.54) is 4.90 Å². The summed E-state index contributed by atoms with van der Waals surface area (Å²) in [6, 6.07) is 12.4. The lowest BCUT2D eigenvalue weighted by Gasteiger charge is -2.44. The minimum Gasteiger partial charge on any atom is -0.493 e. The standard InChI is InChI=1S/C25H32N2O5/c1-16-12-19(26(24(29)30)15-17-10-8-7-9-11-17)18-13-21(31-5)22(32-6)14-20(18)27(16)23(28)25(2,3)4/h7-11,13-14,16,19H,12,15H2,1-6H3,(H,29,30). The smallest absolute Gasteiger partial charge is 0.408 e. The second-order valence-electron chi connectivity index (χ2n) is 9.19. The maximum atomic E-state index is 13.4.